The molecule has 1 atom stereocenters. The third-order valence-electron chi connectivity index (χ3n) is 3.08. The number of unbranched alkanes of at least 4 members (excludes halogenated alkanes) is 3. The molecule has 0 aromatic carbocycles. The number of hydrogen-bond acceptors (Lipinski definition) is 4. The summed E-state index contributed by atoms with van der Waals surface area (Å²) in [5.74, 6) is -0.423. The second-order valence-electron chi connectivity index (χ2n) is 4.85. The summed E-state index contributed by atoms with van der Waals surface area (Å²) in [4.78, 5) is 11.9. The Kier molecular flexibility index (Phi) is 6.39. The number of aryl methyl sites for hydroxylation is 1. The Bertz CT molecular complexity index is 401. The molecule has 0 fully saturated rings. The molecule has 0 amide bonds. The Labute approximate surface area is 115 Å². The van der Waals surface area contributed by atoms with Crippen LogP contribution in [-0.2, 0) is 11.3 Å². The molecule has 1 rings (SSSR count). The molecule has 108 valence electrons. The monoisotopic (exact) mass is 267 g/mol. The number of hydrogen-bond donors (Lipinski definition) is 1. The Morgan fingerprint density at radius 2 is 2.16 bits per heavy atom. The number of aromatic nitrogens is 2. The first-order chi connectivity index (χ1) is 9.08. The average Bonchev–Trinajstić information content (AvgIpc) is 2.76. The summed E-state index contributed by atoms with van der Waals surface area (Å²) in [5, 5.41) is 4.11. The van der Waals surface area contributed by atoms with Gasteiger partial charge in [-0.15, -0.1) is 0 Å². The van der Waals surface area contributed by atoms with Crippen LogP contribution in [0, 0.1) is 0 Å². The van der Waals surface area contributed by atoms with E-state index in [2.05, 4.69) is 12.0 Å². The highest BCUT2D eigenvalue weighted by molar-refractivity contribution is 5.92. The average molecular weight is 267 g/mol. The van der Waals surface area contributed by atoms with Crippen molar-refractivity contribution in [2.45, 2.75) is 65.5 Å². The quantitative estimate of drug-likeness (QED) is 0.580. The fraction of sp³-hybridized carbons (Fsp3) is 0.714. The summed E-state index contributed by atoms with van der Waals surface area (Å²) in [7, 11) is 0. The molecule has 5 heteroatoms. The number of nitrogens with zero attached hydrogens (tertiary/aromatic N) is 2. The first-order valence-electron chi connectivity index (χ1n) is 7.12. The van der Waals surface area contributed by atoms with Crippen LogP contribution in [0.3, 0.4) is 0 Å². The third-order valence-corrected chi connectivity index (χ3v) is 3.08. The molecule has 1 heterocycles. The zero-order valence-corrected chi connectivity index (χ0v) is 12.2. The molecular weight excluding hydrogens is 242 g/mol. The SMILES string of the molecule is CCCCCCC(C)OC(=O)c1nn(CC)cc1N. The zero-order valence-electron chi connectivity index (χ0n) is 12.2. The fourth-order valence-corrected chi connectivity index (χ4v) is 1.91. The van der Waals surface area contributed by atoms with Crippen molar-refractivity contribution in [1.29, 1.82) is 0 Å². The predicted octanol–water partition coefficient (Wildman–Crippen LogP) is 3.00. The maximum Gasteiger partial charge on any atom is 0.361 e. The molecule has 0 bridgehead atoms. The van der Waals surface area contributed by atoms with Crippen molar-refractivity contribution in [2.75, 3.05) is 5.73 Å². The minimum atomic E-state index is -0.423. The standard InChI is InChI=1S/C14H25N3O2/c1-4-6-7-8-9-11(3)19-14(18)13-12(15)10-17(5-2)16-13/h10-11H,4-9,15H2,1-3H3. The van der Waals surface area contributed by atoms with E-state index in [1.165, 1.54) is 19.3 Å². The minimum Gasteiger partial charge on any atom is -0.458 e. The van der Waals surface area contributed by atoms with Gasteiger partial charge >= 0.3 is 5.97 Å². The number of carbonyl (C=O) groups excluding carboxylic acids is 1. The Morgan fingerprint density at radius 1 is 1.42 bits per heavy atom. The number of nitrogen functional groups attached to an aromatic ring is 1. The molecular formula is C14H25N3O2. The summed E-state index contributed by atoms with van der Waals surface area (Å²) in [5.41, 5.74) is 6.35. The van der Waals surface area contributed by atoms with E-state index in [1.54, 1.807) is 10.9 Å². The Morgan fingerprint density at radius 3 is 2.74 bits per heavy atom. The van der Waals surface area contributed by atoms with Crippen LogP contribution >= 0.6 is 0 Å². The molecule has 0 saturated heterocycles. The zero-order chi connectivity index (χ0) is 14.3. The van der Waals surface area contributed by atoms with Gasteiger partial charge in [0, 0.05) is 12.7 Å². The second kappa shape index (κ2) is 7.81. The molecule has 2 N–H and O–H groups in total. The molecule has 19 heavy (non-hydrogen) atoms. The van der Waals surface area contributed by atoms with Crippen LogP contribution in [0.25, 0.3) is 0 Å². The lowest BCUT2D eigenvalue weighted by Crippen LogP contribution is -2.16. The van der Waals surface area contributed by atoms with Crippen molar-refractivity contribution in [3.8, 4) is 0 Å². The molecule has 0 aliphatic carbocycles. The van der Waals surface area contributed by atoms with E-state index in [9.17, 15) is 4.79 Å². The van der Waals surface area contributed by atoms with Crippen molar-refractivity contribution in [3.05, 3.63) is 11.9 Å². The third kappa shape index (κ3) is 4.93. The number of anilines is 1. The van der Waals surface area contributed by atoms with Gasteiger partial charge in [-0.2, -0.15) is 5.10 Å². The summed E-state index contributed by atoms with van der Waals surface area (Å²) < 4.78 is 7.00. The smallest absolute Gasteiger partial charge is 0.361 e. The van der Waals surface area contributed by atoms with Gasteiger partial charge < -0.3 is 10.5 Å². The van der Waals surface area contributed by atoms with E-state index < -0.39 is 5.97 Å². The van der Waals surface area contributed by atoms with Crippen molar-refractivity contribution in [2.24, 2.45) is 0 Å². The van der Waals surface area contributed by atoms with Gasteiger partial charge in [0.05, 0.1) is 11.8 Å². The number of nitrogens with two attached hydrogens (primary N) is 1. The summed E-state index contributed by atoms with van der Waals surface area (Å²) >= 11 is 0. The molecule has 1 aromatic heterocycles. The van der Waals surface area contributed by atoms with Crippen molar-refractivity contribution >= 4 is 11.7 Å². The van der Waals surface area contributed by atoms with Gasteiger partial charge in [0.25, 0.3) is 0 Å². The highest BCUT2D eigenvalue weighted by Gasteiger charge is 2.18. The molecule has 1 aromatic rings. The first-order valence-corrected chi connectivity index (χ1v) is 7.12. The molecule has 0 spiro atoms. The normalized spacial score (nSPS) is 12.4. The molecule has 0 radical (unpaired) electrons. The number of rotatable bonds is 8. The van der Waals surface area contributed by atoms with Gasteiger partial charge in [0.1, 0.15) is 0 Å². The Balaban J connectivity index is 2.42. The lowest BCUT2D eigenvalue weighted by molar-refractivity contribution is 0.0312. The highest BCUT2D eigenvalue weighted by atomic mass is 16.5. The largest absolute Gasteiger partial charge is 0.458 e. The van der Waals surface area contributed by atoms with Crippen LogP contribution in [-0.4, -0.2) is 21.9 Å². The lowest BCUT2D eigenvalue weighted by atomic mass is 10.1. The van der Waals surface area contributed by atoms with Gasteiger partial charge in [-0.25, -0.2) is 4.79 Å². The van der Waals surface area contributed by atoms with E-state index in [0.717, 1.165) is 12.8 Å². The molecule has 5 nitrogen and oxygen atoms in total. The van der Waals surface area contributed by atoms with Crippen LogP contribution in [0.5, 0.6) is 0 Å². The summed E-state index contributed by atoms with van der Waals surface area (Å²) in [6.07, 6.45) is 7.16. The van der Waals surface area contributed by atoms with Gasteiger partial charge in [0.2, 0.25) is 0 Å². The molecule has 0 saturated carbocycles. The number of esters is 1. The van der Waals surface area contributed by atoms with E-state index >= 15 is 0 Å². The fourth-order valence-electron chi connectivity index (χ4n) is 1.91. The van der Waals surface area contributed by atoms with Gasteiger partial charge in [-0.1, -0.05) is 26.2 Å². The van der Waals surface area contributed by atoms with E-state index in [4.69, 9.17) is 10.5 Å². The summed E-state index contributed by atoms with van der Waals surface area (Å²) in [6.45, 7) is 6.72. The minimum absolute atomic E-state index is 0.0875. The van der Waals surface area contributed by atoms with E-state index in [-0.39, 0.29) is 11.8 Å². The van der Waals surface area contributed by atoms with Crippen molar-refractivity contribution in [1.82, 2.24) is 9.78 Å². The van der Waals surface area contributed by atoms with Crippen LogP contribution in [0.15, 0.2) is 6.20 Å². The number of carbonyl (C=O) groups is 1. The van der Waals surface area contributed by atoms with Crippen molar-refractivity contribution in [3.63, 3.8) is 0 Å². The molecule has 1 unspecified atom stereocenters. The lowest BCUT2D eigenvalue weighted by Gasteiger charge is -2.12. The van der Waals surface area contributed by atoms with Crippen LogP contribution in [0.4, 0.5) is 5.69 Å². The first kappa shape index (κ1) is 15.5. The van der Waals surface area contributed by atoms with Gasteiger partial charge in [0.15, 0.2) is 5.69 Å². The van der Waals surface area contributed by atoms with Gasteiger partial charge in [-0.3, -0.25) is 4.68 Å². The predicted molar refractivity (Wildman–Crippen MR) is 75.9 cm³/mol. The maximum absolute atomic E-state index is 11.9. The number of ether oxygens (including phenoxy) is 1. The van der Waals surface area contributed by atoms with Gasteiger partial charge in [-0.05, 0) is 26.7 Å². The second-order valence-corrected chi connectivity index (χ2v) is 4.85. The maximum atomic E-state index is 11.9. The van der Waals surface area contributed by atoms with Crippen molar-refractivity contribution < 1.29 is 9.53 Å². The van der Waals surface area contributed by atoms with E-state index in [1.807, 2.05) is 13.8 Å². The van der Waals surface area contributed by atoms with Crippen LogP contribution in [0.2, 0.25) is 0 Å². The molecule has 0 aliphatic heterocycles. The molecule has 0 aliphatic rings. The van der Waals surface area contributed by atoms with E-state index in [0.29, 0.717) is 12.2 Å². The summed E-state index contributed by atoms with van der Waals surface area (Å²) in [6, 6.07) is 0. The Hall–Kier alpha value is -1.52. The van der Waals surface area contributed by atoms with Crippen LogP contribution in [0.1, 0.15) is 63.4 Å². The highest BCUT2D eigenvalue weighted by Crippen LogP contribution is 2.14. The van der Waals surface area contributed by atoms with Crippen LogP contribution < -0.4 is 5.73 Å². The topological polar surface area (TPSA) is 70.1 Å².